The Morgan fingerprint density at radius 2 is 1.95 bits per heavy atom. The molecule has 2 rings (SSSR count). The van der Waals surface area contributed by atoms with Gasteiger partial charge in [-0.1, -0.05) is 20.3 Å². The lowest BCUT2D eigenvalue weighted by Crippen LogP contribution is -2.41. The lowest BCUT2D eigenvalue weighted by molar-refractivity contribution is 0.0695. The molecule has 1 heterocycles. The Morgan fingerprint density at radius 3 is 2.48 bits per heavy atom. The van der Waals surface area contributed by atoms with E-state index in [2.05, 4.69) is 0 Å². The summed E-state index contributed by atoms with van der Waals surface area (Å²) in [6, 6.07) is 3.08. The fourth-order valence-corrected chi connectivity index (χ4v) is 4.24. The standard InChI is InChI=1S/C14H17NO5S/c1-4-8(2)9(3)15-13(16)11-6-5-10(14(17)18)7-12(11)21(15,19)20/h5-9H,4H2,1-3H3,(H,17,18). The molecule has 0 fully saturated rings. The number of carboxylic acid groups (broad SMARTS) is 1. The summed E-state index contributed by atoms with van der Waals surface area (Å²) in [6.07, 6.45) is 0.733. The van der Waals surface area contributed by atoms with Gasteiger partial charge in [0, 0.05) is 6.04 Å². The maximum Gasteiger partial charge on any atom is 0.335 e. The van der Waals surface area contributed by atoms with Crippen molar-refractivity contribution in [2.24, 2.45) is 5.92 Å². The van der Waals surface area contributed by atoms with Crippen molar-refractivity contribution in [1.82, 2.24) is 4.31 Å². The summed E-state index contributed by atoms with van der Waals surface area (Å²) >= 11 is 0. The van der Waals surface area contributed by atoms with E-state index < -0.39 is 27.9 Å². The first-order chi connectivity index (χ1) is 9.71. The van der Waals surface area contributed by atoms with E-state index in [1.165, 1.54) is 12.1 Å². The van der Waals surface area contributed by atoms with Gasteiger partial charge in [-0.15, -0.1) is 0 Å². The molecule has 2 unspecified atom stereocenters. The number of fused-ring (bicyclic) bond motifs is 1. The van der Waals surface area contributed by atoms with Gasteiger partial charge < -0.3 is 5.11 Å². The molecule has 6 nitrogen and oxygen atoms in total. The number of aromatic carboxylic acids is 1. The molecule has 1 N–H and O–H groups in total. The van der Waals surface area contributed by atoms with Gasteiger partial charge in [0.1, 0.15) is 4.90 Å². The summed E-state index contributed by atoms with van der Waals surface area (Å²) in [5.41, 5.74) is -0.113. The van der Waals surface area contributed by atoms with Crippen LogP contribution in [0, 0.1) is 5.92 Å². The van der Waals surface area contributed by atoms with Crippen LogP contribution >= 0.6 is 0 Å². The fraction of sp³-hybridized carbons (Fsp3) is 0.429. The van der Waals surface area contributed by atoms with Gasteiger partial charge in [0.15, 0.2) is 0 Å². The zero-order valence-corrected chi connectivity index (χ0v) is 12.8. The van der Waals surface area contributed by atoms with Crippen molar-refractivity contribution in [1.29, 1.82) is 0 Å². The number of sulfonamides is 1. The molecule has 2 atom stereocenters. The molecule has 0 radical (unpaired) electrons. The Kier molecular flexibility index (Phi) is 3.79. The highest BCUT2D eigenvalue weighted by Gasteiger charge is 2.45. The minimum Gasteiger partial charge on any atom is -0.478 e. The number of hydrogen-bond acceptors (Lipinski definition) is 4. The summed E-state index contributed by atoms with van der Waals surface area (Å²) in [6.45, 7) is 5.48. The zero-order chi connectivity index (χ0) is 15.9. The van der Waals surface area contributed by atoms with Gasteiger partial charge in [-0.05, 0) is 31.0 Å². The Labute approximate surface area is 123 Å². The third-order valence-corrected chi connectivity index (χ3v) is 5.94. The van der Waals surface area contributed by atoms with E-state index in [1.807, 2.05) is 13.8 Å². The number of carbonyl (C=O) groups is 2. The SMILES string of the molecule is CCC(C)C(C)N1C(=O)c2ccc(C(=O)O)cc2S1(=O)=O. The van der Waals surface area contributed by atoms with Crippen LogP contribution in [0.2, 0.25) is 0 Å². The van der Waals surface area contributed by atoms with E-state index in [1.54, 1.807) is 6.92 Å². The number of rotatable bonds is 4. The number of hydrogen-bond donors (Lipinski definition) is 1. The number of benzene rings is 1. The molecular formula is C14H17NO5S. The minimum atomic E-state index is -3.99. The number of amides is 1. The second-order valence-corrected chi connectivity index (χ2v) is 7.03. The Hall–Kier alpha value is -1.89. The summed E-state index contributed by atoms with van der Waals surface area (Å²) in [5.74, 6) is -1.81. The number of nitrogens with zero attached hydrogens (tertiary/aromatic N) is 1. The Bertz CT molecular complexity index is 710. The maximum atomic E-state index is 12.5. The molecule has 0 saturated carbocycles. The van der Waals surface area contributed by atoms with Crippen molar-refractivity contribution in [2.45, 2.75) is 38.1 Å². The first-order valence-corrected chi connectivity index (χ1v) is 8.12. The van der Waals surface area contributed by atoms with E-state index >= 15 is 0 Å². The number of carboxylic acids is 1. The fourth-order valence-electron chi connectivity index (χ4n) is 2.36. The molecule has 1 aliphatic heterocycles. The van der Waals surface area contributed by atoms with Crippen molar-refractivity contribution < 1.29 is 23.1 Å². The van der Waals surface area contributed by atoms with Crippen LogP contribution in [-0.4, -0.2) is 35.7 Å². The summed E-state index contributed by atoms with van der Waals surface area (Å²) in [4.78, 5) is 23.1. The van der Waals surface area contributed by atoms with Gasteiger partial charge in [-0.25, -0.2) is 17.5 Å². The van der Waals surface area contributed by atoms with Crippen LogP contribution in [-0.2, 0) is 10.0 Å². The van der Waals surface area contributed by atoms with Crippen molar-refractivity contribution >= 4 is 21.9 Å². The highest BCUT2D eigenvalue weighted by molar-refractivity contribution is 7.90. The van der Waals surface area contributed by atoms with Crippen molar-refractivity contribution in [3.8, 4) is 0 Å². The predicted octanol–water partition coefficient (Wildman–Crippen LogP) is 1.96. The van der Waals surface area contributed by atoms with Gasteiger partial charge in [-0.3, -0.25) is 4.79 Å². The second kappa shape index (κ2) is 5.14. The Morgan fingerprint density at radius 1 is 1.33 bits per heavy atom. The molecule has 0 aliphatic carbocycles. The van der Waals surface area contributed by atoms with Gasteiger partial charge in [-0.2, -0.15) is 0 Å². The van der Waals surface area contributed by atoms with E-state index in [0.717, 1.165) is 16.8 Å². The van der Waals surface area contributed by atoms with Crippen molar-refractivity contribution in [3.63, 3.8) is 0 Å². The third kappa shape index (κ3) is 2.31. The van der Waals surface area contributed by atoms with E-state index in [4.69, 9.17) is 5.11 Å². The van der Waals surface area contributed by atoms with E-state index in [9.17, 15) is 18.0 Å². The lowest BCUT2D eigenvalue weighted by atomic mass is 10.0. The average molecular weight is 311 g/mol. The molecule has 1 amide bonds. The van der Waals surface area contributed by atoms with Crippen molar-refractivity contribution in [2.75, 3.05) is 0 Å². The van der Waals surface area contributed by atoms with Gasteiger partial charge >= 0.3 is 5.97 Å². The van der Waals surface area contributed by atoms with Crippen LogP contribution in [0.15, 0.2) is 23.1 Å². The molecule has 1 aromatic carbocycles. The van der Waals surface area contributed by atoms with Crippen LogP contribution in [0.4, 0.5) is 0 Å². The summed E-state index contributed by atoms with van der Waals surface area (Å²) in [5, 5.41) is 8.96. The van der Waals surface area contributed by atoms with Gasteiger partial charge in [0.05, 0.1) is 11.1 Å². The highest BCUT2D eigenvalue weighted by Crippen LogP contribution is 2.34. The Balaban J connectivity index is 2.57. The predicted molar refractivity (Wildman–Crippen MR) is 75.7 cm³/mol. The molecule has 21 heavy (non-hydrogen) atoms. The molecule has 7 heteroatoms. The lowest BCUT2D eigenvalue weighted by Gasteiger charge is -2.27. The van der Waals surface area contributed by atoms with E-state index in [0.29, 0.717) is 0 Å². The highest BCUT2D eigenvalue weighted by atomic mass is 32.2. The third-order valence-electron chi connectivity index (χ3n) is 4.03. The normalized spacial score (nSPS) is 19.2. The largest absolute Gasteiger partial charge is 0.478 e. The first kappa shape index (κ1) is 15.5. The van der Waals surface area contributed by atoms with E-state index in [-0.39, 0.29) is 21.9 Å². The maximum absolute atomic E-state index is 12.5. The minimum absolute atomic E-state index is 0.0111. The number of carbonyl (C=O) groups excluding carboxylic acids is 1. The van der Waals surface area contributed by atoms with Gasteiger partial charge in [0.25, 0.3) is 15.9 Å². The van der Waals surface area contributed by atoms with Crippen LogP contribution in [0.1, 0.15) is 47.9 Å². The topological polar surface area (TPSA) is 91.8 Å². The second-order valence-electron chi connectivity index (χ2n) is 5.25. The van der Waals surface area contributed by atoms with Crippen LogP contribution in [0.5, 0.6) is 0 Å². The molecule has 1 aromatic rings. The smallest absolute Gasteiger partial charge is 0.335 e. The molecule has 0 spiro atoms. The summed E-state index contributed by atoms with van der Waals surface area (Å²) in [7, 11) is -3.99. The molecule has 0 aromatic heterocycles. The summed E-state index contributed by atoms with van der Waals surface area (Å²) < 4.78 is 26.0. The molecule has 0 saturated heterocycles. The monoisotopic (exact) mass is 311 g/mol. The zero-order valence-electron chi connectivity index (χ0n) is 12.0. The van der Waals surface area contributed by atoms with Crippen LogP contribution < -0.4 is 0 Å². The van der Waals surface area contributed by atoms with Crippen LogP contribution in [0.25, 0.3) is 0 Å². The van der Waals surface area contributed by atoms with Crippen LogP contribution in [0.3, 0.4) is 0 Å². The average Bonchev–Trinajstić information content (AvgIpc) is 2.64. The first-order valence-electron chi connectivity index (χ1n) is 6.68. The molecule has 114 valence electrons. The quantitative estimate of drug-likeness (QED) is 0.917. The van der Waals surface area contributed by atoms with Crippen molar-refractivity contribution in [3.05, 3.63) is 29.3 Å². The molecule has 0 bridgehead atoms. The molecule has 1 aliphatic rings. The van der Waals surface area contributed by atoms with Gasteiger partial charge in [0.2, 0.25) is 0 Å². The molecular weight excluding hydrogens is 294 g/mol.